The highest BCUT2D eigenvalue weighted by Crippen LogP contribution is 2.33. The topological polar surface area (TPSA) is 104 Å². The highest BCUT2D eigenvalue weighted by molar-refractivity contribution is 6.01. The van der Waals surface area contributed by atoms with E-state index < -0.39 is 29.7 Å². The van der Waals surface area contributed by atoms with Crippen molar-refractivity contribution < 1.29 is 42.1 Å². The van der Waals surface area contributed by atoms with E-state index in [2.05, 4.69) is 10.6 Å². The predicted octanol–water partition coefficient (Wildman–Crippen LogP) is 6.95. The third kappa shape index (κ3) is 8.20. The molecular weight excluding hydrogens is 562 g/mol. The second kappa shape index (κ2) is 14.6. The lowest BCUT2D eigenvalue weighted by Crippen LogP contribution is -2.20. The molecule has 0 fully saturated rings. The molecule has 4 aromatic rings. The molecule has 0 aromatic heterocycles. The van der Waals surface area contributed by atoms with Crippen molar-refractivity contribution in [1.29, 1.82) is 0 Å². The molecule has 0 heterocycles. The van der Waals surface area contributed by atoms with Crippen LogP contribution in [0, 0.1) is 11.6 Å². The van der Waals surface area contributed by atoms with Gasteiger partial charge >= 0.3 is 12.0 Å². The number of hydrogen-bond donors (Lipinski definition) is 2. The summed E-state index contributed by atoms with van der Waals surface area (Å²) in [5.41, 5.74) is 1.85. The summed E-state index contributed by atoms with van der Waals surface area (Å²) < 4.78 is 54.5. The van der Waals surface area contributed by atoms with Crippen LogP contribution >= 0.6 is 0 Å². The van der Waals surface area contributed by atoms with Gasteiger partial charge in [-0.1, -0.05) is 24.3 Å². The SMILES string of the molecule is CCOCOc1ccc(NC(=O)Nc2ccc(OC(c3ccc(F)cc3)c3ccc(F)cc3)c(C(=O)OC)c2)cc1OC. The number of halogens is 2. The summed E-state index contributed by atoms with van der Waals surface area (Å²) in [7, 11) is 2.69. The van der Waals surface area contributed by atoms with Gasteiger partial charge in [0.15, 0.2) is 18.3 Å². The van der Waals surface area contributed by atoms with Crippen LogP contribution in [0.25, 0.3) is 0 Å². The summed E-state index contributed by atoms with van der Waals surface area (Å²) in [6.07, 6.45) is -0.817. The summed E-state index contributed by atoms with van der Waals surface area (Å²) in [6, 6.07) is 19.9. The van der Waals surface area contributed by atoms with E-state index in [-0.39, 0.29) is 23.8 Å². The Morgan fingerprint density at radius 3 is 1.84 bits per heavy atom. The molecule has 0 unspecified atom stereocenters. The minimum Gasteiger partial charge on any atom is -0.493 e. The lowest BCUT2D eigenvalue weighted by molar-refractivity contribution is 0.0209. The highest BCUT2D eigenvalue weighted by Gasteiger charge is 2.22. The molecule has 2 amide bonds. The third-order valence-corrected chi connectivity index (χ3v) is 6.16. The van der Waals surface area contributed by atoms with Gasteiger partial charge in [-0.25, -0.2) is 18.4 Å². The number of amides is 2. The Labute approximate surface area is 247 Å². The van der Waals surface area contributed by atoms with E-state index in [1.165, 1.54) is 74.9 Å². The van der Waals surface area contributed by atoms with Gasteiger partial charge in [-0.05, 0) is 72.6 Å². The van der Waals surface area contributed by atoms with Crippen LogP contribution in [-0.2, 0) is 9.47 Å². The molecule has 2 N–H and O–H groups in total. The van der Waals surface area contributed by atoms with Crippen molar-refractivity contribution in [1.82, 2.24) is 0 Å². The zero-order chi connectivity index (χ0) is 30.8. The summed E-state index contributed by atoms with van der Waals surface area (Å²) in [5.74, 6) is -0.624. The van der Waals surface area contributed by atoms with Gasteiger partial charge in [0.2, 0.25) is 0 Å². The van der Waals surface area contributed by atoms with Crippen molar-refractivity contribution in [2.75, 3.05) is 38.3 Å². The van der Waals surface area contributed by atoms with Crippen LogP contribution in [0.4, 0.5) is 25.0 Å². The fraction of sp³-hybridized carbons (Fsp3) is 0.188. The van der Waals surface area contributed by atoms with E-state index in [4.69, 9.17) is 23.7 Å². The Bertz CT molecular complexity index is 1500. The smallest absolute Gasteiger partial charge is 0.341 e. The monoisotopic (exact) mass is 592 g/mol. The molecule has 0 saturated carbocycles. The molecule has 0 aliphatic carbocycles. The minimum absolute atomic E-state index is 0.0204. The Hall–Kier alpha value is -5.16. The van der Waals surface area contributed by atoms with Crippen LogP contribution in [0.2, 0.25) is 0 Å². The molecule has 9 nitrogen and oxygen atoms in total. The van der Waals surface area contributed by atoms with E-state index in [0.29, 0.717) is 34.9 Å². The van der Waals surface area contributed by atoms with Crippen molar-refractivity contribution in [2.24, 2.45) is 0 Å². The van der Waals surface area contributed by atoms with Crippen molar-refractivity contribution in [3.63, 3.8) is 0 Å². The van der Waals surface area contributed by atoms with E-state index in [1.54, 1.807) is 24.3 Å². The second-order valence-electron chi connectivity index (χ2n) is 9.00. The number of ether oxygens (including phenoxy) is 5. The first-order chi connectivity index (χ1) is 20.8. The second-order valence-corrected chi connectivity index (χ2v) is 9.00. The fourth-order valence-corrected chi connectivity index (χ4v) is 4.06. The average Bonchev–Trinajstić information content (AvgIpc) is 3.01. The van der Waals surface area contributed by atoms with Crippen molar-refractivity contribution in [2.45, 2.75) is 13.0 Å². The van der Waals surface area contributed by atoms with Gasteiger partial charge in [0, 0.05) is 24.0 Å². The molecule has 0 saturated heterocycles. The fourth-order valence-electron chi connectivity index (χ4n) is 4.06. The molecule has 43 heavy (non-hydrogen) atoms. The van der Waals surface area contributed by atoms with Crippen molar-refractivity contribution >= 4 is 23.4 Å². The maximum atomic E-state index is 13.6. The molecule has 0 radical (unpaired) electrons. The van der Waals surface area contributed by atoms with Crippen LogP contribution in [0.1, 0.15) is 34.5 Å². The van der Waals surface area contributed by atoms with Crippen molar-refractivity contribution in [3.05, 3.63) is 113 Å². The zero-order valence-corrected chi connectivity index (χ0v) is 23.7. The number of hydrogen-bond acceptors (Lipinski definition) is 7. The minimum atomic E-state index is -0.817. The van der Waals surface area contributed by atoms with E-state index >= 15 is 0 Å². The molecule has 0 bridgehead atoms. The zero-order valence-electron chi connectivity index (χ0n) is 23.7. The van der Waals surface area contributed by atoms with Gasteiger partial charge in [0.05, 0.1) is 14.2 Å². The van der Waals surface area contributed by atoms with Crippen LogP contribution in [0.3, 0.4) is 0 Å². The van der Waals surface area contributed by atoms with Crippen molar-refractivity contribution in [3.8, 4) is 17.2 Å². The summed E-state index contributed by atoms with van der Waals surface area (Å²) in [4.78, 5) is 25.5. The van der Waals surface area contributed by atoms with Gasteiger partial charge in [0.25, 0.3) is 0 Å². The summed E-state index contributed by atoms with van der Waals surface area (Å²) in [5, 5.41) is 5.37. The van der Waals surface area contributed by atoms with Gasteiger partial charge in [0.1, 0.15) is 29.1 Å². The van der Waals surface area contributed by atoms with Crippen LogP contribution in [-0.4, -0.2) is 39.6 Å². The Morgan fingerprint density at radius 1 is 0.744 bits per heavy atom. The number of methoxy groups -OCH3 is 2. The van der Waals surface area contributed by atoms with E-state index in [1.807, 2.05) is 6.92 Å². The number of rotatable bonds is 12. The molecule has 4 aromatic carbocycles. The van der Waals surface area contributed by atoms with Crippen LogP contribution in [0.5, 0.6) is 17.2 Å². The standard InChI is InChI=1S/C32H30F2N2O7/c1-4-41-19-42-28-16-14-25(18-29(28)39-2)36-32(38)35-24-13-15-27(26(17-24)31(37)40-3)43-30(20-5-9-22(33)10-6-20)21-7-11-23(34)12-8-21/h5-18,30H,4,19H2,1-3H3,(H2,35,36,38). The average molecular weight is 593 g/mol. The number of esters is 1. The molecule has 224 valence electrons. The molecule has 0 spiro atoms. The third-order valence-electron chi connectivity index (χ3n) is 6.16. The Kier molecular flexibility index (Phi) is 10.5. The van der Waals surface area contributed by atoms with E-state index in [0.717, 1.165) is 0 Å². The number of urea groups is 1. The molecule has 4 rings (SSSR count). The maximum absolute atomic E-state index is 13.6. The highest BCUT2D eigenvalue weighted by atomic mass is 19.1. The molecule has 0 aliphatic heterocycles. The number of carbonyl (C=O) groups is 2. The lowest BCUT2D eigenvalue weighted by atomic mass is 10.0. The van der Waals surface area contributed by atoms with Gasteiger partial charge in [-0.2, -0.15) is 0 Å². The lowest BCUT2D eigenvalue weighted by Gasteiger charge is -2.22. The van der Waals surface area contributed by atoms with Crippen LogP contribution in [0.15, 0.2) is 84.9 Å². The molecule has 11 heteroatoms. The van der Waals surface area contributed by atoms with Crippen LogP contribution < -0.4 is 24.8 Å². The maximum Gasteiger partial charge on any atom is 0.341 e. The van der Waals surface area contributed by atoms with Gasteiger partial charge in [-0.15, -0.1) is 0 Å². The molecule has 0 aliphatic rings. The molecular formula is C32H30F2N2O7. The first-order valence-electron chi connectivity index (χ1n) is 13.2. The molecule has 0 atom stereocenters. The quantitative estimate of drug-likeness (QED) is 0.104. The number of nitrogens with one attached hydrogen (secondary N) is 2. The first kappa shape index (κ1) is 30.8. The number of anilines is 2. The van der Waals surface area contributed by atoms with Gasteiger partial charge in [-0.3, -0.25) is 0 Å². The predicted molar refractivity (Wildman–Crippen MR) is 156 cm³/mol. The Balaban J connectivity index is 1.55. The number of benzene rings is 4. The normalized spacial score (nSPS) is 10.7. The number of carbonyl (C=O) groups excluding carboxylic acids is 2. The van der Waals surface area contributed by atoms with E-state index in [9.17, 15) is 18.4 Å². The largest absolute Gasteiger partial charge is 0.493 e. The summed E-state index contributed by atoms with van der Waals surface area (Å²) >= 11 is 0. The Morgan fingerprint density at radius 2 is 1.30 bits per heavy atom. The van der Waals surface area contributed by atoms with Gasteiger partial charge < -0.3 is 34.3 Å². The first-order valence-corrected chi connectivity index (χ1v) is 13.2. The summed E-state index contributed by atoms with van der Waals surface area (Å²) in [6.45, 7) is 2.40.